The van der Waals surface area contributed by atoms with E-state index in [4.69, 9.17) is 4.18 Å². The van der Waals surface area contributed by atoms with Gasteiger partial charge in [0.05, 0.1) is 11.5 Å². The number of carbonyl (C=O) groups excluding carboxylic acids is 1. The molecule has 0 atom stereocenters. The summed E-state index contributed by atoms with van der Waals surface area (Å²) in [5, 5.41) is 1.22. The summed E-state index contributed by atoms with van der Waals surface area (Å²) in [6.07, 6.45) is 1.05. The Hall–Kier alpha value is -2.02. The lowest BCUT2D eigenvalue weighted by molar-refractivity contribution is -0.105. The Labute approximate surface area is 156 Å². The number of rotatable bonds is 8. The third-order valence-corrected chi connectivity index (χ3v) is 8.39. The first-order valence-electron chi connectivity index (χ1n) is 8.43. The summed E-state index contributed by atoms with van der Waals surface area (Å²) >= 11 is 0. The lowest BCUT2D eigenvalue weighted by Gasteiger charge is -2.19. The van der Waals surface area contributed by atoms with Crippen LogP contribution in [-0.4, -0.2) is 29.4 Å². The highest BCUT2D eigenvalue weighted by Crippen LogP contribution is 2.15. The average molecular weight is 389 g/mol. The number of benzene rings is 2. The number of hydrogen-bond donors (Lipinski definition) is 0. The Morgan fingerprint density at radius 3 is 2.23 bits per heavy atom. The number of aldehydes is 1. The maximum atomic E-state index is 12.2. The standard InChI is InChI=1S/C20H24O4SSi/c1-17-9-11-19(12-10-17)25(22,23)24-14-13-18(15-21)16-26(2,3)20-7-5-4-6-8-20/h4-12,15-16H,13-14H2,1-3H3/b18-16+. The first kappa shape index (κ1) is 20.3. The largest absolute Gasteiger partial charge is 0.298 e. The molecule has 138 valence electrons. The van der Waals surface area contributed by atoms with Crippen molar-refractivity contribution in [3.8, 4) is 0 Å². The van der Waals surface area contributed by atoms with E-state index in [1.54, 1.807) is 12.1 Å². The van der Waals surface area contributed by atoms with E-state index in [1.165, 1.54) is 17.3 Å². The van der Waals surface area contributed by atoms with Crippen molar-refractivity contribution in [3.05, 3.63) is 71.4 Å². The molecule has 0 fully saturated rings. The van der Waals surface area contributed by atoms with Crippen LogP contribution >= 0.6 is 0 Å². The van der Waals surface area contributed by atoms with Crippen LogP contribution in [0.15, 0.2) is 70.8 Å². The number of carbonyl (C=O) groups is 1. The van der Waals surface area contributed by atoms with E-state index < -0.39 is 18.2 Å². The molecule has 0 N–H and O–H groups in total. The summed E-state index contributed by atoms with van der Waals surface area (Å²) in [7, 11) is -5.74. The van der Waals surface area contributed by atoms with Gasteiger partial charge in [0.25, 0.3) is 10.1 Å². The molecule has 0 aliphatic rings. The molecule has 0 unspecified atom stereocenters. The van der Waals surface area contributed by atoms with Crippen LogP contribution < -0.4 is 5.19 Å². The monoisotopic (exact) mass is 388 g/mol. The van der Waals surface area contributed by atoms with Crippen molar-refractivity contribution in [1.29, 1.82) is 0 Å². The molecule has 0 spiro atoms. The second kappa shape index (κ2) is 8.57. The first-order chi connectivity index (χ1) is 12.2. The van der Waals surface area contributed by atoms with Crippen molar-refractivity contribution >= 4 is 29.7 Å². The molecule has 0 aliphatic heterocycles. The molecular weight excluding hydrogens is 364 g/mol. The van der Waals surface area contributed by atoms with Crippen LogP contribution in [0.2, 0.25) is 13.1 Å². The molecule has 0 saturated heterocycles. The van der Waals surface area contributed by atoms with Crippen LogP contribution in [0.5, 0.6) is 0 Å². The van der Waals surface area contributed by atoms with Gasteiger partial charge in [0, 0.05) is 0 Å². The molecule has 0 aromatic heterocycles. The summed E-state index contributed by atoms with van der Waals surface area (Å²) < 4.78 is 29.5. The zero-order chi connectivity index (χ0) is 19.2. The lowest BCUT2D eigenvalue weighted by atomic mass is 10.2. The lowest BCUT2D eigenvalue weighted by Crippen LogP contribution is -2.39. The Bertz CT molecular complexity index is 870. The second-order valence-electron chi connectivity index (χ2n) is 6.76. The SMILES string of the molecule is Cc1ccc(S(=O)(=O)OCC/C(C=O)=C\[Si](C)(C)c2ccccc2)cc1. The van der Waals surface area contributed by atoms with Gasteiger partial charge in [0.1, 0.15) is 14.4 Å². The summed E-state index contributed by atoms with van der Waals surface area (Å²) in [6, 6.07) is 16.5. The molecule has 0 saturated carbocycles. The maximum Gasteiger partial charge on any atom is 0.296 e. The topological polar surface area (TPSA) is 60.4 Å². The normalized spacial score (nSPS) is 12.8. The van der Waals surface area contributed by atoms with Gasteiger partial charge in [-0.25, -0.2) is 0 Å². The summed E-state index contributed by atoms with van der Waals surface area (Å²) in [6.45, 7) is 6.13. The van der Waals surface area contributed by atoms with Crippen molar-refractivity contribution in [2.24, 2.45) is 0 Å². The second-order valence-corrected chi connectivity index (χ2v) is 12.7. The fraction of sp³-hybridized carbons (Fsp3) is 0.250. The minimum atomic E-state index is -3.81. The van der Waals surface area contributed by atoms with E-state index in [2.05, 4.69) is 25.2 Å². The Kier molecular flexibility index (Phi) is 6.69. The molecule has 0 bridgehead atoms. The van der Waals surface area contributed by atoms with Gasteiger partial charge in [0.2, 0.25) is 0 Å². The van der Waals surface area contributed by atoms with Gasteiger partial charge < -0.3 is 0 Å². The van der Waals surface area contributed by atoms with Crippen molar-refractivity contribution in [1.82, 2.24) is 0 Å². The zero-order valence-corrected chi connectivity index (χ0v) is 17.1. The van der Waals surface area contributed by atoms with Gasteiger partial charge in [-0.3, -0.25) is 8.98 Å². The molecule has 0 amide bonds. The van der Waals surface area contributed by atoms with Crippen molar-refractivity contribution in [2.75, 3.05) is 6.61 Å². The van der Waals surface area contributed by atoms with Crippen molar-refractivity contribution < 1.29 is 17.4 Å². The van der Waals surface area contributed by atoms with Gasteiger partial charge in [-0.2, -0.15) is 8.42 Å². The molecule has 6 heteroatoms. The minimum Gasteiger partial charge on any atom is -0.298 e. The van der Waals surface area contributed by atoms with Crippen LogP contribution in [0.25, 0.3) is 0 Å². The highest BCUT2D eigenvalue weighted by molar-refractivity contribution is 7.86. The maximum absolute atomic E-state index is 12.2. The van der Waals surface area contributed by atoms with Crippen LogP contribution in [-0.2, 0) is 19.1 Å². The van der Waals surface area contributed by atoms with E-state index in [9.17, 15) is 13.2 Å². The molecule has 2 rings (SSSR count). The molecule has 4 nitrogen and oxygen atoms in total. The first-order valence-corrected chi connectivity index (χ1v) is 12.9. The number of aryl methyl sites for hydroxylation is 1. The zero-order valence-electron chi connectivity index (χ0n) is 15.3. The van der Waals surface area contributed by atoms with Gasteiger partial charge in [-0.15, -0.1) is 0 Å². The van der Waals surface area contributed by atoms with E-state index in [-0.39, 0.29) is 17.9 Å². The summed E-state index contributed by atoms with van der Waals surface area (Å²) in [4.78, 5) is 11.5. The molecule has 0 radical (unpaired) electrons. The highest BCUT2D eigenvalue weighted by Gasteiger charge is 2.21. The van der Waals surface area contributed by atoms with Gasteiger partial charge in [0.15, 0.2) is 0 Å². The van der Waals surface area contributed by atoms with E-state index in [0.29, 0.717) is 5.57 Å². The van der Waals surface area contributed by atoms with Gasteiger partial charge in [-0.1, -0.05) is 72.0 Å². The Morgan fingerprint density at radius 2 is 1.65 bits per heavy atom. The predicted molar refractivity (Wildman–Crippen MR) is 107 cm³/mol. The quantitative estimate of drug-likeness (QED) is 0.301. The van der Waals surface area contributed by atoms with Crippen molar-refractivity contribution in [2.45, 2.75) is 31.3 Å². The van der Waals surface area contributed by atoms with Crippen LogP contribution in [0.1, 0.15) is 12.0 Å². The molecule has 2 aromatic rings. The molecule has 0 aliphatic carbocycles. The molecule has 0 heterocycles. The molecule has 26 heavy (non-hydrogen) atoms. The smallest absolute Gasteiger partial charge is 0.296 e. The van der Waals surface area contributed by atoms with Crippen LogP contribution in [0.3, 0.4) is 0 Å². The van der Waals surface area contributed by atoms with Gasteiger partial charge in [-0.05, 0) is 31.1 Å². The van der Waals surface area contributed by atoms with E-state index >= 15 is 0 Å². The molecular formula is C20H24O4SSi. The highest BCUT2D eigenvalue weighted by atomic mass is 32.2. The third kappa shape index (κ3) is 5.49. The Morgan fingerprint density at radius 1 is 1.04 bits per heavy atom. The Balaban J connectivity index is 2.04. The predicted octanol–water partition coefficient (Wildman–Crippen LogP) is 3.37. The summed E-state index contributed by atoms with van der Waals surface area (Å²) in [5.41, 5.74) is 3.55. The fourth-order valence-electron chi connectivity index (χ4n) is 2.62. The van der Waals surface area contributed by atoms with Crippen LogP contribution in [0, 0.1) is 6.92 Å². The van der Waals surface area contributed by atoms with E-state index in [0.717, 1.165) is 11.8 Å². The third-order valence-electron chi connectivity index (χ3n) is 4.15. The number of hydrogen-bond acceptors (Lipinski definition) is 4. The average Bonchev–Trinajstić information content (AvgIpc) is 2.61. The van der Waals surface area contributed by atoms with E-state index in [1.807, 2.05) is 30.8 Å². The fourth-order valence-corrected chi connectivity index (χ4v) is 5.89. The van der Waals surface area contributed by atoms with Gasteiger partial charge >= 0.3 is 0 Å². The van der Waals surface area contributed by atoms with Crippen LogP contribution in [0.4, 0.5) is 0 Å². The van der Waals surface area contributed by atoms with Crippen molar-refractivity contribution in [3.63, 3.8) is 0 Å². The molecule has 2 aromatic carbocycles. The minimum absolute atomic E-state index is 0.0555. The summed E-state index contributed by atoms with van der Waals surface area (Å²) in [5.74, 6) is 0.